The van der Waals surface area contributed by atoms with Crippen LogP contribution in [-0.4, -0.2) is 16.3 Å². The highest BCUT2D eigenvalue weighted by atomic mass is 19.3. The molecular formula is C12H9F2N3O2. The Morgan fingerprint density at radius 1 is 1.32 bits per heavy atom. The van der Waals surface area contributed by atoms with E-state index in [0.29, 0.717) is 5.56 Å². The summed E-state index contributed by atoms with van der Waals surface area (Å²) in [5.41, 5.74) is 0.850. The highest BCUT2D eigenvalue weighted by molar-refractivity contribution is 5.68. The van der Waals surface area contributed by atoms with Gasteiger partial charge in [0, 0.05) is 12.4 Å². The maximum atomic E-state index is 13.0. The molecule has 3 rings (SSSR count). The van der Waals surface area contributed by atoms with E-state index in [9.17, 15) is 8.78 Å². The van der Waals surface area contributed by atoms with Crippen LogP contribution in [0.25, 0.3) is 0 Å². The zero-order valence-corrected chi connectivity index (χ0v) is 9.78. The molecule has 0 atom stereocenters. The van der Waals surface area contributed by atoms with E-state index in [2.05, 4.69) is 24.8 Å². The van der Waals surface area contributed by atoms with Crippen LogP contribution in [0.2, 0.25) is 0 Å². The Morgan fingerprint density at radius 2 is 2.16 bits per heavy atom. The van der Waals surface area contributed by atoms with Gasteiger partial charge in [-0.15, -0.1) is 8.78 Å². The average molecular weight is 266 g/mol. The van der Waals surface area contributed by atoms with Gasteiger partial charge in [-0.2, -0.15) is 0 Å². The minimum Gasteiger partial charge on any atom is -0.395 e. The SMILES string of the molecule is [2H]c1nc(Nc2cccc3c2OC(F)(F)O3)ncc1C. The number of alkyl halides is 2. The normalized spacial score (nSPS) is 16.1. The Labute approximate surface area is 108 Å². The van der Waals surface area contributed by atoms with Crippen molar-refractivity contribution in [3.05, 3.63) is 36.1 Å². The van der Waals surface area contributed by atoms with Gasteiger partial charge in [0.1, 0.15) is 0 Å². The fourth-order valence-electron chi connectivity index (χ4n) is 1.61. The number of halogens is 2. The summed E-state index contributed by atoms with van der Waals surface area (Å²) in [4.78, 5) is 7.86. The molecule has 5 nitrogen and oxygen atoms in total. The van der Waals surface area contributed by atoms with E-state index in [0.717, 1.165) is 0 Å². The minimum absolute atomic E-state index is 0.0533. The predicted molar refractivity (Wildman–Crippen MR) is 62.7 cm³/mol. The third kappa shape index (κ3) is 2.26. The Hall–Kier alpha value is -2.44. The van der Waals surface area contributed by atoms with Gasteiger partial charge in [0.05, 0.1) is 7.06 Å². The number of rotatable bonds is 2. The maximum absolute atomic E-state index is 13.0. The second kappa shape index (κ2) is 4.04. The summed E-state index contributed by atoms with van der Waals surface area (Å²) in [5, 5.41) is 2.73. The molecule has 0 fully saturated rings. The van der Waals surface area contributed by atoms with Crippen LogP contribution >= 0.6 is 0 Å². The monoisotopic (exact) mass is 266 g/mol. The highest BCUT2D eigenvalue weighted by Gasteiger charge is 2.44. The first kappa shape index (κ1) is 10.5. The number of para-hydroxylation sites is 1. The summed E-state index contributed by atoms with van der Waals surface area (Å²) in [7, 11) is 0. The van der Waals surface area contributed by atoms with Crippen molar-refractivity contribution in [1.82, 2.24) is 9.97 Å². The molecule has 7 heteroatoms. The third-order valence-corrected chi connectivity index (χ3v) is 2.39. The minimum atomic E-state index is -3.69. The molecule has 0 unspecified atom stereocenters. The first-order valence-corrected chi connectivity index (χ1v) is 5.41. The van der Waals surface area contributed by atoms with Gasteiger partial charge in [0.15, 0.2) is 11.5 Å². The molecule has 1 aliphatic rings. The maximum Gasteiger partial charge on any atom is 0.586 e. The van der Waals surface area contributed by atoms with Crippen LogP contribution in [0.3, 0.4) is 0 Å². The summed E-state index contributed by atoms with van der Waals surface area (Å²) in [6.45, 7) is 1.70. The fourth-order valence-corrected chi connectivity index (χ4v) is 1.61. The zero-order chi connectivity index (χ0) is 14.3. The quantitative estimate of drug-likeness (QED) is 0.905. The molecule has 1 aromatic carbocycles. The van der Waals surface area contributed by atoms with E-state index in [1.54, 1.807) is 6.92 Å². The molecule has 0 spiro atoms. The third-order valence-electron chi connectivity index (χ3n) is 2.39. The molecule has 98 valence electrons. The van der Waals surface area contributed by atoms with Crippen molar-refractivity contribution in [1.29, 1.82) is 0 Å². The lowest BCUT2D eigenvalue weighted by Gasteiger charge is -2.08. The molecule has 0 aliphatic carbocycles. The lowest BCUT2D eigenvalue weighted by atomic mass is 10.2. The van der Waals surface area contributed by atoms with Crippen molar-refractivity contribution in [3.8, 4) is 11.5 Å². The van der Waals surface area contributed by atoms with Gasteiger partial charge in [-0.25, -0.2) is 9.97 Å². The number of hydrogen-bond acceptors (Lipinski definition) is 5. The smallest absolute Gasteiger partial charge is 0.395 e. The summed E-state index contributed by atoms with van der Waals surface area (Å²) >= 11 is 0. The molecule has 0 saturated heterocycles. The number of nitrogens with zero attached hydrogens (tertiary/aromatic N) is 2. The van der Waals surface area contributed by atoms with Gasteiger partial charge in [-0.1, -0.05) is 6.07 Å². The lowest BCUT2D eigenvalue weighted by Crippen LogP contribution is -2.26. The van der Waals surface area contributed by atoms with Crippen LogP contribution in [0.15, 0.2) is 30.6 Å². The molecule has 1 aliphatic heterocycles. The van der Waals surface area contributed by atoms with Gasteiger partial charge in [-0.05, 0) is 24.6 Å². The van der Waals surface area contributed by atoms with Crippen molar-refractivity contribution >= 4 is 11.6 Å². The van der Waals surface area contributed by atoms with Crippen LogP contribution in [0.5, 0.6) is 11.5 Å². The molecule has 0 amide bonds. The Balaban J connectivity index is 1.93. The number of ether oxygens (including phenoxy) is 2. The highest BCUT2D eigenvalue weighted by Crippen LogP contribution is 2.46. The summed E-state index contributed by atoms with van der Waals surface area (Å²) < 4.78 is 42.4. The van der Waals surface area contributed by atoms with Gasteiger partial charge >= 0.3 is 6.29 Å². The summed E-state index contributed by atoms with van der Waals surface area (Å²) in [5.74, 6) is -0.0702. The van der Waals surface area contributed by atoms with Crippen LogP contribution < -0.4 is 14.8 Å². The Bertz CT molecular complexity index is 682. The van der Waals surface area contributed by atoms with Gasteiger partial charge in [0.2, 0.25) is 5.95 Å². The number of fused-ring (bicyclic) bond motifs is 1. The molecule has 0 saturated carbocycles. The second-order valence-electron chi connectivity index (χ2n) is 3.91. The summed E-state index contributed by atoms with van der Waals surface area (Å²) in [6, 6.07) is 4.42. The number of nitrogens with one attached hydrogen (secondary N) is 1. The van der Waals surface area contributed by atoms with E-state index in [4.69, 9.17) is 1.37 Å². The fraction of sp³-hybridized carbons (Fsp3) is 0.167. The van der Waals surface area contributed by atoms with E-state index in [1.165, 1.54) is 24.4 Å². The standard InChI is InChI=1S/C12H9F2N3O2/c1-7-5-15-11(16-6-7)17-8-3-2-4-9-10(8)19-12(13,14)18-9/h2-6H,1H3,(H,15,16,17)/i5D. The van der Waals surface area contributed by atoms with E-state index in [1.807, 2.05) is 0 Å². The largest absolute Gasteiger partial charge is 0.586 e. The van der Waals surface area contributed by atoms with E-state index in [-0.39, 0.29) is 29.3 Å². The topological polar surface area (TPSA) is 56.3 Å². The molecule has 1 aromatic heterocycles. The Kier molecular flexibility index (Phi) is 2.23. The molecule has 1 N–H and O–H groups in total. The molecule has 19 heavy (non-hydrogen) atoms. The first-order chi connectivity index (χ1) is 9.44. The van der Waals surface area contributed by atoms with Crippen molar-refractivity contribution in [2.75, 3.05) is 5.32 Å². The average Bonchev–Trinajstić information content (AvgIpc) is 2.69. The van der Waals surface area contributed by atoms with Crippen molar-refractivity contribution < 1.29 is 19.6 Å². The number of aryl methyl sites for hydroxylation is 1. The number of hydrogen-bond donors (Lipinski definition) is 1. The van der Waals surface area contributed by atoms with Crippen LogP contribution in [-0.2, 0) is 0 Å². The molecule has 0 radical (unpaired) electrons. The number of aromatic nitrogens is 2. The van der Waals surface area contributed by atoms with E-state index < -0.39 is 6.29 Å². The van der Waals surface area contributed by atoms with Crippen molar-refractivity contribution in [2.24, 2.45) is 0 Å². The van der Waals surface area contributed by atoms with Crippen molar-refractivity contribution in [3.63, 3.8) is 0 Å². The molecule has 2 heterocycles. The van der Waals surface area contributed by atoms with Crippen LogP contribution in [0, 0.1) is 6.92 Å². The van der Waals surface area contributed by atoms with Gasteiger partial charge in [-0.3, -0.25) is 0 Å². The Morgan fingerprint density at radius 3 is 2.95 bits per heavy atom. The van der Waals surface area contributed by atoms with E-state index >= 15 is 0 Å². The molecular weight excluding hydrogens is 256 g/mol. The van der Waals surface area contributed by atoms with Crippen LogP contribution in [0.4, 0.5) is 20.4 Å². The molecule has 2 aromatic rings. The number of benzene rings is 1. The summed E-state index contributed by atoms with van der Waals surface area (Å²) in [6.07, 6.45) is -2.17. The first-order valence-electron chi connectivity index (χ1n) is 5.91. The van der Waals surface area contributed by atoms with Crippen LogP contribution in [0.1, 0.15) is 6.93 Å². The molecule has 0 bridgehead atoms. The van der Waals surface area contributed by atoms with Gasteiger partial charge in [0.25, 0.3) is 0 Å². The second-order valence-corrected chi connectivity index (χ2v) is 3.91. The number of anilines is 2. The lowest BCUT2D eigenvalue weighted by molar-refractivity contribution is -0.286. The van der Waals surface area contributed by atoms with Crippen molar-refractivity contribution in [2.45, 2.75) is 13.2 Å². The van der Waals surface area contributed by atoms with Gasteiger partial charge < -0.3 is 14.8 Å². The zero-order valence-electron chi connectivity index (χ0n) is 10.8. The predicted octanol–water partition coefficient (Wildman–Crippen LogP) is 2.85.